The molecule has 0 spiro atoms. The lowest BCUT2D eigenvalue weighted by Crippen LogP contribution is -2.25. The van der Waals surface area contributed by atoms with Crippen molar-refractivity contribution in [2.45, 2.75) is 19.4 Å². The standard InChI is InChI=1S/C16H20ClN3/c1-12(15-5-3-4-6-16(15)17)20(2)10-9-14-8-7-13(18)11-19-14/h3-8,11-12H,9-10,18H2,1-2H3. The number of likely N-dealkylation sites (N-methyl/N-ethyl adjacent to an activating group) is 1. The minimum Gasteiger partial charge on any atom is -0.397 e. The van der Waals surface area contributed by atoms with Gasteiger partial charge in [0.05, 0.1) is 11.9 Å². The highest BCUT2D eigenvalue weighted by atomic mass is 35.5. The average Bonchev–Trinajstić information content (AvgIpc) is 2.46. The minimum atomic E-state index is 0.275. The number of halogens is 1. The van der Waals surface area contributed by atoms with Crippen LogP contribution in [0.1, 0.15) is 24.2 Å². The van der Waals surface area contributed by atoms with Crippen molar-refractivity contribution in [1.29, 1.82) is 0 Å². The number of anilines is 1. The Kier molecular flexibility index (Phi) is 4.99. The molecule has 106 valence electrons. The highest BCUT2D eigenvalue weighted by Gasteiger charge is 2.14. The van der Waals surface area contributed by atoms with Gasteiger partial charge in [-0.2, -0.15) is 0 Å². The first kappa shape index (κ1) is 14.8. The molecule has 0 aliphatic carbocycles. The Morgan fingerprint density at radius 1 is 1.25 bits per heavy atom. The van der Waals surface area contributed by atoms with E-state index < -0.39 is 0 Å². The summed E-state index contributed by atoms with van der Waals surface area (Å²) in [6, 6.07) is 12.1. The molecule has 0 fully saturated rings. The smallest absolute Gasteiger partial charge is 0.0501 e. The quantitative estimate of drug-likeness (QED) is 0.915. The van der Waals surface area contributed by atoms with Crippen molar-refractivity contribution in [2.75, 3.05) is 19.3 Å². The van der Waals surface area contributed by atoms with E-state index in [4.69, 9.17) is 17.3 Å². The summed E-state index contributed by atoms with van der Waals surface area (Å²) in [5, 5.41) is 0.817. The normalized spacial score (nSPS) is 12.6. The third-order valence-corrected chi connectivity index (χ3v) is 3.93. The van der Waals surface area contributed by atoms with E-state index in [1.165, 1.54) is 0 Å². The van der Waals surface area contributed by atoms with Crippen LogP contribution in [0.3, 0.4) is 0 Å². The fourth-order valence-corrected chi connectivity index (χ4v) is 2.41. The second kappa shape index (κ2) is 6.73. The molecule has 1 aromatic carbocycles. The van der Waals surface area contributed by atoms with Crippen molar-refractivity contribution < 1.29 is 0 Å². The molecule has 4 heteroatoms. The van der Waals surface area contributed by atoms with E-state index in [1.807, 2.05) is 30.3 Å². The zero-order valence-electron chi connectivity index (χ0n) is 11.9. The van der Waals surface area contributed by atoms with Crippen molar-refractivity contribution in [1.82, 2.24) is 9.88 Å². The van der Waals surface area contributed by atoms with Crippen LogP contribution in [0.4, 0.5) is 5.69 Å². The van der Waals surface area contributed by atoms with Crippen LogP contribution in [0, 0.1) is 0 Å². The Morgan fingerprint density at radius 2 is 2.00 bits per heavy atom. The van der Waals surface area contributed by atoms with Crippen LogP contribution in [0.15, 0.2) is 42.6 Å². The van der Waals surface area contributed by atoms with Crippen molar-refractivity contribution in [2.24, 2.45) is 0 Å². The summed E-state index contributed by atoms with van der Waals surface area (Å²) < 4.78 is 0. The molecule has 3 nitrogen and oxygen atoms in total. The van der Waals surface area contributed by atoms with Crippen molar-refractivity contribution in [3.05, 3.63) is 58.9 Å². The molecule has 0 amide bonds. The van der Waals surface area contributed by atoms with E-state index in [9.17, 15) is 0 Å². The van der Waals surface area contributed by atoms with Crippen LogP contribution in [0.25, 0.3) is 0 Å². The summed E-state index contributed by atoms with van der Waals surface area (Å²) in [6.45, 7) is 3.08. The first-order valence-corrected chi connectivity index (χ1v) is 7.11. The van der Waals surface area contributed by atoms with Gasteiger partial charge in [-0.1, -0.05) is 29.8 Å². The highest BCUT2D eigenvalue weighted by molar-refractivity contribution is 6.31. The molecule has 1 unspecified atom stereocenters. The minimum absolute atomic E-state index is 0.275. The van der Waals surface area contributed by atoms with E-state index in [0.29, 0.717) is 5.69 Å². The maximum atomic E-state index is 6.24. The Labute approximate surface area is 125 Å². The molecule has 0 aliphatic heterocycles. The lowest BCUT2D eigenvalue weighted by atomic mass is 10.1. The number of hydrogen-bond acceptors (Lipinski definition) is 3. The molecular weight excluding hydrogens is 270 g/mol. The summed E-state index contributed by atoms with van der Waals surface area (Å²) in [7, 11) is 2.10. The van der Waals surface area contributed by atoms with Crippen molar-refractivity contribution in [3.63, 3.8) is 0 Å². The first-order chi connectivity index (χ1) is 9.58. The fraction of sp³-hybridized carbons (Fsp3) is 0.312. The van der Waals surface area contributed by atoms with Gasteiger partial charge in [-0.3, -0.25) is 9.88 Å². The lowest BCUT2D eigenvalue weighted by molar-refractivity contribution is 0.264. The van der Waals surface area contributed by atoms with Gasteiger partial charge in [-0.25, -0.2) is 0 Å². The van der Waals surface area contributed by atoms with Gasteiger partial charge in [0.25, 0.3) is 0 Å². The number of nitrogens with two attached hydrogens (primary N) is 1. The summed E-state index contributed by atoms with van der Waals surface area (Å²) in [6.07, 6.45) is 2.60. The molecule has 1 heterocycles. The molecule has 0 bridgehead atoms. The Bertz CT molecular complexity index is 554. The topological polar surface area (TPSA) is 42.1 Å². The van der Waals surface area contributed by atoms with Crippen LogP contribution in [0.2, 0.25) is 5.02 Å². The third-order valence-electron chi connectivity index (χ3n) is 3.58. The van der Waals surface area contributed by atoms with Gasteiger partial charge in [0.1, 0.15) is 0 Å². The molecule has 0 aliphatic rings. The van der Waals surface area contributed by atoms with Crippen LogP contribution < -0.4 is 5.73 Å². The maximum Gasteiger partial charge on any atom is 0.0501 e. The molecular formula is C16H20ClN3. The largest absolute Gasteiger partial charge is 0.397 e. The van der Waals surface area contributed by atoms with Gasteiger partial charge < -0.3 is 5.73 Å². The summed E-state index contributed by atoms with van der Waals surface area (Å²) in [5.41, 5.74) is 8.54. The molecule has 0 saturated carbocycles. The van der Waals surface area contributed by atoms with E-state index in [2.05, 4.69) is 29.9 Å². The Morgan fingerprint density at radius 3 is 2.65 bits per heavy atom. The number of pyridine rings is 1. The van der Waals surface area contributed by atoms with Gasteiger partial charge in [0.15, 0.2) is 0 Å². The van der Waals surface area contributed by atoms with Gasteiger partial charge in [0.2, 0.25) is 0 Å². The van der Waals surface area contributed by atoms with Gasteiger partial charge in [-0.05, 0) is 37.7 Å². The molecule has 2 rings (SSSR count). The zero-order chi connectivity index (χ0) is 14.5. The molecule has 1 atom stereocenters. The van der Waals surface area contributed by atoms with Gasteiger partial charge in [0, 0.05) is 29.7 Å². The van der Waals surface area contributed by atoms with E-state index in [0.717, 1.165) is 29.2 Å². The zero-order valence-corrected chi connectivity index (χ0v) is 12.6. The fourth-order valence-electron chi connectivity index (χ4n) is 2.12. The number of hydrogen-bond donors (Lipinski definition) is 1. The summed E-state index contributed by atoms with van der Waals surface area (Å²) in [4.78, 5) is 6.60. The first-order valence-electron chi connectivity index (χ1n) is 6.73. The number of aromatic nitrogens is 1. The van der Waals surface area contributed by atoms with Crippen LogP contribution in [-0.4, -0.2) is 23.5 Å². The number of nitrogens with zero attached hydrogens (tertiary/aromatic N) is 2. The van der Waals surface area contributed by atoms with Crippen LogP contribution in [0.5, 0.6) is 0 Å². The second-order valence-electron chi connectivity index (χ2n) is 5.01. The Hall–Kier alpha value is -1.58. The van der Waals surface area contributed by atoms with Crippen molar-refractivity contribution >= 4 is 17.3 Å². The monoisotopic (exact) mass is 289 g/mol. The van der Waals surface area contributed by atoms with Crippen LogP contribution in [-0.2, 0) is 6.42 Å². The van der Waals surface area contributed by atoms with E-state index in [-0.39, 0.29) is 6.04 Å². The SMILES string of the molecule is CC(c1ccccc1Cl)N(C)CCc1ccc(N)cn1. The average molecular weight is 290 g/mol. The van der Waals surface area contributed by atoms with E-state index >= 15 is 0 Å². The molecule has 20 heavy (non-hydrogen) atoms. The number of rotatable bonds is 5. The molecule has 2 aromatic rings. The summed E-state index contributed by atoms with van der Waals surface area (Å²) in [5.74, 6) is 0. The summed E-state index contributed by atoms with van der Waals surface area (Å²) >= 11 is 6.24. The second-order valence-corrected chi connectivity index (χ2v) is 5.42. The molecule has 0 saturated heterocycles. The highest BCUT2D eigenvalue weighted by Crippen LogP contribution is 2.26. The van der Waals surface area contributed by atoms with Gasteiger partial charge in [-0.15, -0.1) is 0 Å². The molecule has 1 aromatic heterocycles. The number of benzene rings is 1. The molecule has 0 radical (unpaired) electrons. The maximum absolute atomic E-state index is 6.24. The predicted molar refractivity (Wildman–Crippen MR) is 84.9 cm³/mol. The van der Waals surface area contributed by atoms with Gasteiger partial charge >= 0.3 is 0 Å². The van der Waals surface area contributed by atoms with E-state index in [1.54, 1.807) is 6.20 Å². The lowest BCUT2D eigenvalue weighted by Gasteiger charge is -2.25. The number of nitrogen functional groups attached to an aromatic ring is 1. The van der Waals surface area contributed by atoms with Crippen molar-refractivity contribution in [3.8, 4) is 0 Å². The predicted octanol–water partition coefficient (Wildman–Crippen LogP) is 3.55. The Balaban J connectivity index is 1.96. The third kappa shape index (κ3) is 3.71. The van der Waals surface area contributed by atoms with Crippen LogP contribution >= 0.6 is 11.6 Å². The molecule has 2 N–H and O–H groups in total.